The summed E-state index contributed by atoms with van der Waals surface area (Å²) in [5.74, 6) is -0.145. The van der Waals surface area contributed by atoms with E-state index < -0.39 is 28.0 Å². The monoisotopic (exact) mass is 617 g/mol. The van der Waals surface area contributed by atoms with Crippen molar-refractivity contribution in [3.63, 3.8) is 0 Å². The standard InChI is InChI=1S/C29H20F5N3O5S/c1-15-11-25(28(30,31)32)36-37(15)22-9-7-18(17-5-4-6-20(12-17)43(3,38)39)13-21(22)27-26(35-16(2)40-27)19-8-10-23-24(14-19)42-29(33,34)41-23/h4-14H,1-3H3. The third-order valence-electron chi connectivity index (χ3n) is 6.65. The van der Waals surface area contributed by atoms with Crippen molar-refractivity contribution in [2.24, 2.45) is 0 Å². The fourth-order valence-corrected chi connectivity index (χ4v) is 5.41. The molecule has 0 atom stereocenters. The number of alkyl halides is 5. The summed E-state index contributed by atoms with van der Waals surface area (Å²) in [5, 5.41) is 3.79. The van der Waals surface area contributed by atoms with Gasteiger partial charge < -0.3 is 13.9 Å². The highest BCUT2D eigenvalue weighted by atomic mass is 32.2. The summed E-state index contributed by atoms with van der Waals surface area (Å²) in [6, 6.07) is 15.8. The van der Waals surface area contributed by atoms with Crippen molar-refractivity contribution >= 4 is 9.84 Å². The first-order valence-corrected chi connectivity index (χ1v) is 14.4. The Kier molecular flexibility index (Phi) is 6.38. The maximum absolute atomic E-state index is 13.7. The molecule has 5 aromatic rings. The van der Waals surface area contributed by atoms with Gasteiger partial charge in [0.1, 0.15) is 5.69 Å². The molecular formula is C29H20F5N3O5S. The quantitative estimate of drug-likeness (QED) is 0.192. The van der Waals surface area contributed by atoms with Crippen LogP contribution in [0.4, 0.5) is 22.0 Å². The summed E-state index contributed by atoms with van der Waals surface area (Å²) < 4.78 is 109. The number of sulfone groups is 1. The Bertz CT molecular complexity index is 2020. The zero-order chi connectivity index (χ0) is 30.9. The third-order valence-corrected chi connectivity index (χ3v) is 7.76. The summed E-state index contributed by atoms with van der Waals surface area (Å²) in [6.45, 7) is 3.01. The highest BCUT2D eigenvalue weighted by Crippen LogP contribution is 2.45. The number of fused-ring (bicyclic) bond motifs is 1. The maximum atomic E-state index is 13.7. The molecule has 3 heterocycles. The molecule has 0 bridgehead atoms. The summed E-state index contributed by atoms with van der Waals surface area (Å²) >= 11 is 0. The largest absolute Gasteiger partial charge is 0.586 e. The van der Waals surface area contributed by atoms with E-state index in [-0.39, 0.29) is 50.7 Å². The lowest BCUT2D eigenvalue weighted by molar-refractivity contribution is -0.286. The number of ether oxygens (including phenoxy) is 2. The van der Waals surface area contributed by atoms with Crippen LogP contribution in [-0.2, 0) is 16.0 Å². The first kappa shape index (κ1) is 28.4. The number of hydrogen-bond donors (Lipinski definition) is 0. The lowest BCUT2D eigenvalue weighted by Gasteiger charge is -2.14. The fraction of sp³-hybridized carbons (Fsp3) is 0.172. The summed E-state index contributed by atoms with van der Waals surface area (Å²) in [6.07, 6.45) is -7.48. The molecule has 0 saturated heterocycles. The summed E-state index contributed by atoms with van der Waals surface area (Å²) in [5.41, 5.74) is 1.01. The first-order valence-electron chi connectivity index (χ1n) is 12.6. The Morgan fingerprint density at radius 2 is 1.56 bits per heavy atom. The lowest BCUT2D eigenvalue weighted by Crippen LogP contribution is -2.25. The van der Waals surface area contributed by atoms with E-state index in [4.69, 9.17) is 4.42 Å². The molecule has 3 aromatic carbocycles. The van der Waals surface area contributed by atoms with Gasteiger partial charge in [-0.15, -0.1) is 8.78 Å². The van der Waals surface area contributed by atoms with Crippen LogP contribution in [0.1, 0.15) is 17.3 Å². The van der Waals surface area contributed by atoms with Crippen molar-refractivity contribution in [3.8, 4) is 50.9 Å². The van der Waals surface area contributed by atoms with Gasteiger partial charge in [-0.3, -0.25) is 0 Å². The number of benzene rings is 3. The fourth-order valence-electron chi connectivity index (χ4n) is 4.75. The molecular weight excluding hydrogens is 597 g/mol. The lowest BCUT2D eigenvalue weighted by atomic mass is 9.98. The van der Waals surface area contributed by atoms with Crippen LogP contribution >= 0.6 is 0 Å². The summed E-state index contributed by atoms with van der Waals surface area (Å²) in [4.78, 5) is 4.50. The van der Waals surface area contributed by atoms with Gasteiger partial charge in [-0.25, -0.2) is 18.1 Å². The van der Waals surface area contributed by atoms with Crippen LogP contribution < -0.4 is 9.47 Å². The average molecular weight is 618 g/mol. The van der Waals surface area contributed by atoms with E-state index in [0.29, 0.717) is 16.7 Å². The molecule has 0 N–H and O–H groups in total. The first-order chi connectivity index (χ1) is 20.1. The van der Waals surface area contributed by atoms with E-state index in [1.54, 1.807) is 31.2 Å². The summed E-state index contributed by atoms with van der Waals surface area (Å²) in [7, 11) is -3.54. The van der Waals surface area contributed by atoms with Crippen molar-refractivity contribution in [3.05, 3.63) is 84.0 Å². The Morgan fingerprint density at radius 1 is 0.860 bits per heavy atom. The highest BCUT2D eigenvalue weighted by Gasteiger charge is 2.43. The molecule has 8 nitrogen and oxygen atoms in total. The third kappa shape index (κ3) is 5.33. The second-order valence-electron chi connectivity index (χ2n) is 9.85. The van der Waals surface area contributed by atoms with Gasteiger partial charge >= 0.3 is 12.5 Å². The Hall–Kier alpha value is -4.72. The van der Waals surface area contributed by atoms with E-state index in [0.717, 1.165) is 17.0 Å². The predicted molar refractivity (Wildman–Crippen MR) is 144 cm³/mol. The van der Waals surface area contributed by atoms with Gasteiger partial charge in [0.25, 0.3) is 0 Å². The SMILES string of the molecule is Cc1nc(-c2ccc3c(c2)OC(F)(F)O3)c(-c2cc(-c3cccc(S(C)(=O)=O)c3)ccc2-n2nc(C(F)(F)F)cc2C)o1. The molecule has 0 amide bonds. The van der Waals surface area contributed by atoms with Crippen molar-refractivity contribution < 1.29 is 44.3 Å². The number of rotatable bonds is 5. The van der Waals surface area contributed by atoms with E-state index in [2.05, 4.69) is 19.6 Å². The second kappa shape index (κ2) is 9.66. The van der Waals surface area contributed by atoms with E-state index in [1.807, 2.05) is 0 Å². The molecule has 0 unspecified atom stereocenters. The molecule has 2 aromatic heterocycles. The van der Waals surface area contributed by atoms with Gasteiger partial charge in [0, 0.05) is 30.0 Å². The maximum Gasteiger partial charge on any atom is 0.586 e. The normalized spacial score (nSPS) is 14.3. The molecule has 1 aliphatic heterocycles. The molecule has 1 aliphatic rings. The van der Waals surface area contributed by atoms with Crippen molar-refractivity contribution in [2.45, 2.75) is 31.2 Å². The van der Waals surface area contributed by atoms with Crippen LogP contribution in [0.2, 0.25) is 0 Å². The highest BCUT2D eigenvalue weighted by molar-refractivity contribution is 7.90. The Labute approximate surface area is 241 Å². The minimum absolute atomic E-state index is 0.0710. The molecule has 0 spiro atoms. The molecule has 0 radical (unpaired) electrons. The molecule has 43 heavy (non-hydrogen) atoms. The van der Waals surface area contributed by atoms with Gasteiger partial charge in [-0.05, 0) is 66.6 Å². The van der Waals surface area contributed by atoms with E-state index >= 15 is 0 Å². The molecule has 14 heteroatoms. The number of halogens is 5. The van der Waals surface area contributed by atoms with Crippen LogP contribution in [0.3, 0.4) is 0 Å². The van der Waals surface area contributed by atoms with Gasteiger partial charge in [-0.2, -0.15) is 18.3 Å². The van der Waals surface area contributed by atoms with E-state index in [9.17, 15) is 30.4 Å². The number of aromatic nitrogens is 3. The topological polar surface area (TPSA) is 96.5 Å². The molecule has 0 aliphatic carbocycles. The van der Waals surface area contributed by atoms with Crippen LogP contribution in [0.5, 0.6) is 11.5 Å². The number of hydrogen-bond acceptors (Lipinski definition) is 7. The van der Waals surface area contributed by atoms with Crippen molar-refractivity contribution in [1.29, 1.82) is 0 Å². The van der Waals surface area contributed by atoms with Gasteiger partial charge in [0.15, 0.2) is 38.7 Å². The molecule has 222 valence electrons. The smallest absolute Gasteiger partial charge is 0.440 e. The second-order valence-corrected chi connectivity index (χ2v) is 11.9. The van der Waals surface area contributed by atoms with Crippen LogP contribution in [0.25, 0.3) is 39.4 Å². The number of aryl methyl sites for hydroxylation is 2. The number of nitrogens with zero attached hydrogens (tertiary/aromatic N) is 3. The van der Waals surface area contributed by atoms with Crippen molar-refractivity contribution in [1.82, 2.24) is 14.8 Å². The number of oxazole rings is 1. The Balaban J connectivity index is 1.57. The van der Waals surface area contributed by atoms with Crippen LogP contribution in [0.15, 0.2) is 76.0 Å². The minimum Gasteiger partial charge on any atom is -0.440 e. The predicted octanol–water partition coefficient (Wildman–Crippen LogP) is 7.22. The molecule has 6 rings (SSSR count). The minimum atomic E-state index is -4.70. The zero-order valence-electron chi connectivity index (χ0n) is 22.5. The van der Waals surface area contributed by atoms with E-state index in [1.165, 1.54) is 43.3 Å². The van der Waals surface area contributed by atoms with Gasteiger partial charge in [-0.1, -0.05) is 18.2 Å². The van der Waals surface area contributed by atoms with Crippen LogP contribution in [0, 0.1) is 13.8 Å². The Morgan fingerprint density at radius 3 is 2.26 bits per heavy atom. The zero-order valence-corrected chi connectivity index (χ0v) is 23.3. The average Bonchev–Trinajstić information content (AvgIpc) is 3.60. The molecule has 0 saturated carbocycles. The van der Waals surface area contributed by atoms with Gasteiger partial charge in [0.2, 0.25) is 0 Å². The van der Waals surface area contributed by atoms with Crippen LogP contribution in [-0.4, -0.2) is 35.7 Å². The molecule has 0 fully saturated rings. The van der Waals surface area contributed by atoms with Gasteiger partial charge in [0.05, 0.1) is 10.6 Å². The van der Waals surface area contributed by atoms with Crippen molar-refractivity contribution in [2.75, 3.05) is 6.26 Å².